The van der Waals surface area contributed by atoms with Gasteiger partial charge in [0.2, 0.25) is 11.8 Å². The number of nitrogens with zero attached hydrogens (tertiary/aromatic N) is 1. The molecule has 4 rings (SSSR count). The number of carbonyl (C=O) groups excluding carboxylic acids is 2. The van der Waals surface area contributed by atoms with Crippen LogP contribution in [-0.4, -0.2) is 70.5 Å². The second kappa shape index (κ2) is 12.5. The topological polar surface area (TPSA) is 129 Å². The van der Waals surface area contributed by atoms with Crippen molar-refractivity contribution in [2.45, 2.75) is 57.6 Å². The molecule has 0 fully saturated rings. The fourth-order valence-electron chi connectivity index (χ4n) is 5.15. The van der Waals surface area contributed by atoms with Crippen LogP contribution < -0.4 is 14.8 Å². The fraction of sp³-hybridized carbons (Fsp3) is 0.400. The summed E-state index contributed by atoms with van der Waals surface area (Å²) in [6.07, 6.45) is 3.45. The molecule has 0 saturated carbocycles. The van der Waals surface area contributed by atoms with Gasteiger partial charge in [-0.15, -0.1) is 0 Å². The Morgan fingerprint density at radius 3 is 2.54 bits per heavy atom. The second-order valence-corrected chi connectivity index (χ2v) is 9.78. The van der Waals surface area contributed by atoms with E-state index >= 15 is 0 Å². The lowest BCUT2D eigenvalue weighted by molar-refractivity contribution is -0.133. The van der Waals surface area contributed by atoms with Crippen LogP contribution >= 0.6 is 0 Å². The summed E-state index contributed by atoms with van der Waals surface area (Å²) in [6.45, 7) is 3.67. The Kier molecular flexibility index (Phi) is 9.06. The number of aliphatic hydroxyl groups is 3. The van der Waals surface area contributed by atoms with Crippen LogP contribution in [0.3, 0.4) is 0 Å². The molecule has 4 atom stereocenters. The minimum atomic E-state index is -1.18. The summed E-state index contributed by atoms with van der Waals surface area (Å²) < 4.78 is 11.8. The van der Waals surface area contributed by atoms with Gasteiger partial charge in [-0.05, 0) is 48.8 Å². The van der Waals surface area contributed by atoms with Gasteiger partial charge in [0.1, 0.15) is 12.2 Å². The highest BCUT2D eigenvalue weighted by molar-refractivity contribution is 5.96. The highest BCUT2D eigenvalue weighted by Gasteiger charge is 2.51. The molecule has 1 aliphatic heterocycles. The lowest BCUT2D eigenvalue weighted by Crippen LogP contribution is -2.55. The van der Waals surface area contributed by atoms with Crippen molar-refractivity contribution >= 4 is 11.8 Å². The maximum Gasteiger partial charge on any atom is 0.247 e. The first-order chi connectivity index (χ1) is 18.8. The number of fused-ring (bicyclic) bond motifs is 3. The molecule has 0 aromatic heterocycles. The number of benzene rings is 2. The van der Waals surface area contributed by atoms with E-state index in [2.05, 4.69) is 5.32 Å². The second-order valence-electron chi connectivity index (χ2n) is 9.78. The summed E-state index contributed by atoms with van der Waals surface area (Å²) in [4.78, 5) is 28.4. The van der Waals surface area contributed by atoms with Crippen molar-refractivity contribution < 1.29 is 34.4 Å². The predicted octanol–water partition coefficient (Wildman–Crippen LogP) is 2.11. The Hall–Kier alpha value is -3.66. The number of hydrogen-bond donors (Lipinski definition) is 4. The highest BCUT2D eigenvalue weighted by atomic mass is 16.5. The maximum absolute atomic E-state index is 13.4. The number of carbonyl (C=O) groups is 2. The van der Waals surface area contributed by atoms with Gasteiger partial charge in [-0.3, -0.25) is 9.59 Å². The van der Waals surface area contributed by atoms with Crippen LogP contribution in [0.4, 0.5) is 0 Å². The van der Waals surface area contributed by atoms with Crippen LogP contribution in [0.5, 0.6) is 11.5 Å². The van der Waals surface area contributed by atoms with Crippen molar-refractivity contribution in [3.8, 4) is 11.5 Å². The van der Waals surface area contributed by atoms with E-state index in [0.717, 1.165) is 11.1 Å². The summed E-state index contributed by atoms with van der Waals surface area (Å²) in [5.41, 5.74) is 3.44. The van der Waals surface area contributed by atoms with Gasteiger partial charge in [0.25, 0.3) is 0 Å². The Labute approximate surface area is 228 Å². The van der Waals surface area contributed by atoms with Crippen molar-refractivity contribution in [3.05, 3.63) is 82.5 Å². The molecule has 4 unspecified atom stereocenters. The van der Waals surface area contributed by atoms with E-state index in [4.69, 9.17) is 9.47 Å². The quantitative estimate of drug-likeness (QED) is 0.343. The average Bonchev–Trinajstić information content (AvgIpc) is 3.34. The van der Waals surface area contributed by atoms with E-state index < -0.39 is 30.1 Å². The van der Waals surface area contributed by atoms with Crippen LogP contribution in [0.1, 0.15) is 41.5 Å². The Morgan fingerprint density at radius 1 is 1.15 bits per heavy atom. The van der Waals surface area contributed by atoms with Gasteiger partial charge >= 0.3 is 0 Å². The maximum atomic E-state index is 13.4. The first-order valence-corrected chi connectivity index (χ1v) is 13.1. The molecule has 9 nitrogen and oxygen atoms in total. The first kappa shape index (κ1) is 28.4. The minimum absolute atomic E-state index is 0.0414. The molecule has 39 heavy (non-hydrogen) atoms. The van der Waals surface area contributed by atoms with E-state index in [1.807, 2.05) is 38.1 Å². The summed E-state index contributed by atoms with van der Waals surface area (Å²) in [5, 5.41) is 33.5. The third-order valence-corrected chi connectivity index (χ3v) is 7.11. The van der Waals surface area contributed by atoms with Crippen molar-refractivity contribution in [1.29, 1.82) is 0 Å². The molecule has 2 aliphatic rings. The monoisotopic (exact) mass is 536 g/mol. The van der Waals surface area contributed by atoms with Crippen LogP contribution in [-0.2, 0) is 22.7 Å². The van der Waals surface area contributed by atoms with Gasteiger partial charge in [0.15, 0.2) is 11.5 Å². The van der Waals surface area contributed by atoms with E-state index in [9.17, 15) is 24.9 Å². The van der Waals surface area contributed by atoms with Crippen molar-refractivity contribution in [2.75, 3.05) is 20.3 Å². The largest absolute Gasteiger partial charge is 0.493 e. The zero-order valence-corrected chi connectivity index (χ0v) is 22.5. The van der Waals surface area contributed by atoms with Gasteiger partial charge in [-0.2, -0.15) is 0 Å². The zero-order chi connectivity index (χ0) is 28.1. The fourth-order valence-corrected chi connectivity index (χ4v) is 5.15. The van der Waals surface area contributed by atoms with E-state index in [1.165, 1.54) is 13.2 Å². The summed E-state index contributed by atoms with van der Waals surface area (Å²) >= 11 is 0. The number of methoxy groups -OCH3 is 1. The van der Waals surface area contributed by atoms with Gasteiger partial charge in [-0.25, -0.2) is 0 Å². The summed E-state index contributed by atoms with van der Waals surface area (Å²) in [5.74, 6) is -0.654. The summed E-state index contributed by atoms with van der Waals surface area (Å²) in [6, 6.07) is 10.3. The molecule has 2 aromatic carbocycles. The Bertz CT molecular complexity index is 1250. The lowest BCUT2D eigenvalue weighted by Gasteiger charge is -2.40. The average molecular weight is 537 g/mol. The number of aryl methyl sites for hydroxylation is 1. The minimum Gasteiger partial charge on any atom is -0.493 e. The lowest BCUT2D eigenvalue weighted by atomic mass is 9.77. The normalized spacial score (nSPS) is 21.5. The number of amides is 2. The van der Waals surface area contributed by atoms with Gasteiger partial charge in [0.05, 0.1) is 32.3 Å². The number of rotatable bonds is 10. The van der Waals surface area contributed by atoms with Crippen LogP contribution in [0.2, 0.25) is 0 Å². The predicted molar refractivity (Wildman–Crippen MR) is 145 cm³/mol. The van der Waals surface area contributed by atoms with Crippen molar-refractivity contribution in [3.63, 3.8) is 0 Å². The van der Waals surface area contributed by atoms with E-state index in [1.54, 1.807) is 29.2 Å². The molecule has 0 spiro atoms. The standard InChI is InChI=1S/C30H36N2O7/c1-4-5-6-25(35)32(16-19-9-7-18(2)8-10-19)23-15-22(30(37)31-11-12-33)26-21-13-20(17-34)14-24(38-3)28(21)39-29(26)27(23)36/h5-10,13-15,23,26-27,29,33-34,36H,4,11-12,16-17H2,1-3H3,(H,31,37). The van der Waals surface area contributed by atoms with Gasteiger partial charge < -0.3 is 35.0 Å². The molecule has 1 heterocycles. The molecular formula is C30H36N2O7. The van der Waals surface area contributed by atoms with Crippen LogP contribution in [0.25, 0.3) is 0 Å². The number of nitrogens with one attached hydrogen (secondary N) is 1. The molecule has 2 aromatic rings. The third-order valence-electron chi connectivity index (χ3n) is 7.11. The number of ether oxygens (including phenoxy) is 2. The number of allylic oxidation sites excluding steroid dienone is 1. The van der Waals surface area contributed by atoms with Crippen molar-refractivity contribution in [1.82, 2.24) is 10.2 Å². The Morgan fingerprint density at radius 2 is 1.90 bits per heavy atom. The molecule has 1 aliphatic carbocycles. The molecule has 0 saturated heterocycles. The summed E-state index contributed by atoms with van der Waals surface area (Å²) in [7, 11) is 1.48. The van der Waals surface area contributed by atoms with Crippen LogP contribution in [0.15, 0.2) is 60.2 Å². The number of aliphatic hydroxyl groups excluding tert-OH is 3. The third kappa shape index (κ3) is 5.85. The van der Waals surface area contributed by atoms with Crippen LogP contribution in [0, 0.1) is 6.92 Å². The highest BCUT2D eigenvalue weighted by Crippen LogP contribution is 2.51. The molecular weight excluding hydrogens is 500 g/mol. The van der Waals surface area contributed by atoms with E-state index in [0.29, 0.717) is 34.6 Å². The number of hydrogen-bond acceptors (Lipinski definition) is 7. The molecule has 0 radical (unpaired) electrons. The molecule has 0 bridgehead atoms. The van der Waals surface area contributed by atoms with Gasteiger partial charge in [-0.1, -0.05) is 42.8 Å². The molecule has 9 heteroatoms. The smallest absolute Gasteiger partial charge is 0.247 e. The molecule has 208 valence electrons. The SMILES string of the molecule is CCC=CC(=O)N(Cc1ccc(C)cc1)C1C=C(C(=O)NCCO)C2c3cc(CO)cc(OC)c3OC2C1O. The van der Waals surface area contributed by atoms with E-state index in [-0.39, 0.29) is 32.2 Å². The molecule has 2 amide bonds. The van der Waals surface area contributed by atoms with Gasteiger partial charge in [0, 0.05) is 24.2 Å². The molecule has 4 N–H and O–H groups in total. The first-order valence-electron chi connectivity index (χ1n) is 13.1. The van der Waals surface area contributed by atoms with Crippen molar-refractivity contribution in [2.24, 2.45) is 0 Å². The zero-order valence-electron chi connectivity index (χ0n) is 22.5. The Balaban J connectivity index is 1.82.